The molecule has 2 aliphatic carbocycles. The fourth-order valence-corrected chi connectivity index (χ4v) is 10.1. The molecule has 0 bridgehead atoms. The quantitative estimate of drug-likeness (QED) is 0.287. The summed E-state index contributed by atoms with van der Waals surface area (Å²) in [5.41, 5.74) is 5.60. The fourth-order valence-electron chi connectivity index (χ4n) is 5.01. The van der Waals surface area contributed by atoms with Crippen LogP contribution in [-0.2, 0) is 22.9 Å². The van der Waals surface area contributed by atoms with Gasteiger partial charge in [0.15, 0.2) is 0 Å². The summed E-state index contributed by atoms with van der Waals surface area (Å²) < 4.78 is 3.42. The largest absolute Gasteiger partial charge is 1.00 e. The number of fused-ring (bicyclic) bond motifs is 2. The van der Waals surface area contributed by atoms with Gasteiger partial charge in [-0.05, 0) is 0 Å². The minimum Gasteiger partial charge on any atom is -1.00 e. The van der Waals surface area contributed by atoms with Crippen LogP contribution in [0.5, 0.6) is 0 Å². The Balaban J connectivity index is 0.000000490. The summed E-state index contributed by atoms with van der Waals surface area (Å²) in [5.74, 6) is 0. The van der Waals surface area contributed by atoms with Crippen molar-refractivity contribution in [3.05, 3.63) is 127 Å². The first-order valence-electron chi connectivity index (χ1n) is 12.9. The van der Waals surface area contributed by atoms with E-state index < -0.39 is 22.9 Å². The van der Waals surface area contributed by atoms with Crippen molar-refractivity contribution in [2.75, 3.05) is 0 Å². The summed E-state index contributed by atoms with van der Waals surface area (Å²) in [6.45, 7) is 0. The standard InChI is InChI=1S/2C15H11.C3H8Si.2ClH.Hf/c2*1-2-7-12(6-1)15-11-5-9-13-8-3-4-10-14(13)15;1-2-4-3-1;;;/h2*3-11H,1H2;1-4H2;2*1H;/q;;;;;+2/p-2. The van der Waals surface area contributed by atoms with E-state index in [0.717, 1.165) is 12.8 Å². The van der Waals surface area contributed by atoms with E-state index in [-0.39, 0.29) is 24.8 Å². The van der Waals surface area contributed by atoms with E-state index in [1.54, 1.807) is 25.2 Å². The van der Waals surface area contributed by atoms with Crippen molar-refractivity contribution in [1.29, 1.82) is 0 Å². The van der Waals surface area contributed by atoms with Gasteiger partial charge >= 0.3 is 195 Å². The van der Waals surface area contributed by atoms with Gasteiger partial charge in [0, 0.05) is 9.52 Å². The maximum atomic E-state index is 2.50. The molecule has 0 amide bonds. The van der Waals surface area contributed by atoms with Gasteiger partial charge in [-0.15, -0.1) is 0 Å². The van der Waals surface area contributed by atoms with Crippen molar-refractivity contribution >= 4 is 42.2 Å². The monoisotopic (exact) mass is 704 g/mol. The van der Waals surface area contributed by atoms with Gasteiger partial charge in [-0.3, -0.25) is 0 Å². The number of halogens is 2. The SMILES string of the molecule is C1=[C]([Hf+2][C]2=CC(c3cccc4ccccc34)=CC2)CC=C1c1cccc2ccccc12.C1C[SiH2]C1.[Cl-].[Cl-]. The Morgan fingerprint density at radius 3 is 1.38 bits per heavy atom. The van der Waals surface area contributed by atoms with Crippen molar-refractivity contribution < 1.29 is 47.7 Å². The number of hydrogen-bond acceptors (Lipinski definition) is 0. The molecule has 4 aromatic carbocycles. The molecule has 4 aromatic rings. The van der Waals surface area contributed by atoms with Crippen LogP contribution >= 0.6 is 0 Å². The number of rotatable bonds is 4. The third-order valence-corrected chi connectivity index (χ3v) is 14.1. The molecule has 0 saturated carbocycles. The summed E-state index contributed by atoms with van der Waals surface area (Å²) >= 11 is -0.978. The minimum atomic E-state index is -0.978. The van der Waals surface area contributed by atoms with Crippen LogP contribution in [0.1, 0.15) is 30.4 Å². The Labute approximate surface area is 246 Å². The predicted octanol–water partition coefficient (Wildman–Crippen LogP) is 2.52. The van der Waals surface area contributed by atoms with Crippen molar-refractivity contribution in [2.24, 2.45) is 0 Å². The minimum absolute atomic E-state index is 0. The van der Waals surface area contributed by atoms with Crippen LogP contribution in [0.4, 0.5) is 0 Å². The topological polar surface area (TPSA) is 0 Å². The molecule has 0 N–H and O–H groups in total. The molecule has 0 atom stereocenters. The molecule has 7 rings (SSSR count). The summed E-state index contributed by atoms with van der Waals surface area (Å²) in [4.78, 5) is 0. The zero-order valence-corrected chi connectivity index (χ0v) is 27.4. The second-order valence-electron chi connectivity index (χ2n) is 9.66. The van der Waals surface area contributed by atoms with Gasteiger partial charge < -0.3 is 24.8 Å². The van der Waals surface area contributed by atoms with Gasteiger partial charge in [0.05, 0.1) is 0 Å². The zero-order chi connectivity index (χ0) is 23.5. The predicted molar refractivity (Wildman–Crippen MR) is 152 cm³/mol. The molecule has 0 spiro atoms. The van der Waals surface area contributed by atoms with Gasteiger partial charge in [0.25, 0.3) is 0 Å². The molecule has 184 valence electrons. The third kappa shape index (κ3) is 6.37. The Morgan fingerprint density at radius 1 is 0.541 bits per heavy atom. The molecule has 1 heterocycles. The molecule has 1 fully saturated rings. The smallest absolute Gasteiger partial charge is 0.0197 e. The van der Waals surface area contributed by atoms with E-state index in [0.29, 0.717) is 9.52 Å². The van der Waals surface area contributed by atoms with Crippen molar-refractivity contribution in [1.82, 2.24) is 0 Å². The van der Waals surface area contributed by atoms with Crippen LogP contribution in [0.2, 0.25) is 12.1 Å². The van der Waals surface area contributed by atoms with E-state index >= 15 is 0 Å². The Bertz CT molecular complexity index is 1400. The average Bonchev–Trinajstić information content (AvgIpc) is 3.52. The molecular weight excluding hydrogens is 674 g/mol. The van der Waals surface area contributed by atoms with Crippen molar-refractivity contribution in [3.63, 3.8) is 0 Å². The van der Waals surface area contributed by atoms with Crippen LogP contribution in [0.3, 0.4) is 0 Å². The van der Waals surface area contributed by atoms with Crippen molar-refractivity contribution in [3.8, 4) is 0 Å². The van der Waals surface area contributed by atoms with E-state index in [1.807, 2.05) is 0 Å². The van der Waals surface area contributed by atoms with Crippen LogP contribution in [0.25, 0.3) is 32.7 Å². The zero-order valence-electron chi connectivity index (χ0n) is 20.9. The maximum Gasteiger partial charge on any atom is 0.0197 e. The van der Waals surface area contributed by atoms with E-state index in [4.69, 9.17) is 0 Å². The third-order valence-electron chi connectivity index (χ3n) is 7.27. The molecule has 0 unspecified atom stereocenters. The molecule has 4 heteroatoms. The molecule has 0 nitrogen and oxygen atoms in total. The van der Waals surface area contributed by atoms with Gasteiger partial charge in [0.1, 0.15) is 0 Å². The molecular formula is C33H30Cl2HfSi. The number of hydrogen-bond donors (Lipinski definition) is 0. The van der Waals surface area contributed by atoms with Gasteiger partial charge in [-0.1, -0.05) is 18.5 Å². The normalized spacial score (nSPS) is 15.6. The first-order chi connectivity index (χ1) is 17.3. The maximum absolute atomic E-state index is 2.50. The van der Waals surface area contributed by atoms with E-state index in [9.17, 15) is 0 Å². The summed E-state index contributed by atoms with van der Waals surface area (Å²) in [6.07, 6.45) is 13.7. The van der Waals surface area contributed by atoms with Gasteiger partial charge in [0.2, 0.25) is 0 Å². The number of allylic oxidation sites excluding steroid dienone is 8. The van der Waals surface area contributed by atoms with Crippen LogP contribution in [0, 0.1) is 0 Å². The molecule has 37 heavy (non-hydrogen) atoms. The molecule has 1 saturated heterocycles. The van der Waals surface area contributed by atoms with E-state index in [2.05, 4.69) is 109 Å². The number of benzene rings is 4. The van der Waals surface area contributed by atoms with Crippen LogP contribution in [-0.4, -0.2) is 9.52 Å². The first-order valence-corrected chi connectivity index (χ1v) is 18.5. The van der Waals surface area contributed by atoms with Crippen molar-refractivity contribution in [2.45, 2.75) is 31.4 Å². The summed E-state index contributed by atoms with van der Waals surface area (Å²) in [6, 6.07) is 34.1. The Hall–Kier alpha value is -1.97. The molecule has 1 aliphatic heterocycles. The Kier molecular flexibility index (Phi) is 10.0. The second kappa shape index (κ2) is 13.2. The summed E-state index contributed by atoms with van der Waals surface area (Å²) in [7, 11) is 0.605. The van der Waals surface area contributed by atoms with Gasteiger partial charge in [-0.2, -0.15) is 0 Å². The van der Waals surface area contributed by atoms with Crippen LogP contribution < -0.4 is 24.8 Å². The molecule has 3 aliphatic rings. The Morgan fingerprint density at radius 2 is 0.946 bits per heavy atom. The average molecular weight is 704 g/mol. The van der Waals surface area contributed by atoms with E-state index in [1.165, 1.54) is 43.8 Å². The summed E-state index contributed by atoms with van der Waals surface area (Å²) in [5, 5.41) is 5.38. The fraction of sp³-hybridized carbons (Fsp3) is 0.152. The molecule has 0 radical (unpaired) electrons. The molecule has 0 aromatic heterocycles. The second-order valence-corrected chi connectivity index (χ2v) is 17.3. The van der Waals surface area contributed by atoms with Crippen LogP contribution in [0.15, 0.2) is 116 Å². The first kappa shape index (κ1) is 28.0. The van der Waals surface area contributed by atoms with Gasteiger partial charge in [-0.25, -0.2) is 0 Å².